The molecule has 0 aliphatic carbocycles. The van der Waals surface area contributed by atoms with Crippen LogP contribution in [-0.2, 0) is 6.54 Å². The second-order valence-corrected chi connectivity index (χ2v) is 4.90. The maximum Gasteiger partial charge on any atom is 0.199 e. The van der Waals surface area contributed by atoms with E-state index in [4.69, 9.17) is 5.73 Å². The van der Waals surface area contributed by atoms with Gasteiger partial charge in [-0.15, -0.1) is 0 Å². The molecule has 0 radical (unpaired) electrons. The van der Waals surface area contributed by atoms with Gasteiger partial charge in [-0.05, 0) is 28.5 Å². The van der Waals surface area contributed by atoms with Crippen LogP contribution < -0.4 is 5.73 Å². The Bertz CT molecular complexity index is 979. The van der Waals surface area contributed by atoms with Crippen molar-refractivity contribution in [1.82, 2.24) is 29.8 Å². The molecule has 0 aliphatic heterocycles. The van der Waals surface area contributed by atoms with Crippen LogP contribution in [0.2, 0.25) is 0 Å². The van der Waals surface area contributed by atoms with Crippen molar-refractivity contribution in [1.29, 1.82) is 0 Å². The zero-order chi connectivity index (χ0) is 15.8. The molecule has 4 aromatic rings. The first-order valence-electron chi connectivity index (χ1n) is 6.70. The molecule has 0 saturated heterocycles. The van der Waals surface area contributed by atoms with Crippen molar-refractivity contribution in [3.8, 4) is 11.5 Å². The fourth-order valence-corrected chi connectivity index (χ4v) is 2.38. The number of hydrogen-bond acceptors (Lipinski definition) is 7. The number of imidazole rings is 1. The Balaban J connectivity index is 1.95. The number of benzene rings is 1. The smallest absolute Gasteiger partial charge is 0.199 e. The van der Waals surface area contributed by atoms with Crippen LogP contribution in [0.5, 0.6) is 0 Å². The zero-order valence-corrected chi connectivity index (χ0v) is 11.7. The molecule has 0 atom stereocenters. The highest BCUT2D eigenvalue weighted by Gasteiger charge is 2.19. The van der Waals surface area contributed by atoms with E-state index in [0.29, 0.717) is 29.1 Å². The van der Waals surface area contributed by atoms with E-state index in [2.05, 4.69) is 29.9 Å². The Morgan fingerprint density at radius 1 is 1.17 bits per heavy atom. The van der Waals surface area contributed by atoms with Gasteiger partial charge in [0.25, 0.3) is 0 Å². The Hall–Kier alpha value is -3.36. The van der Waals surface area contributed by atoms with E-state index in [0.717, 1.165) is 5.56 Å². The molecule has 0 spiro atoms. The van der Waals surface area contributed by atoms with Gasteiger partial charge in [-0.25, -0.2) is 24.0 Å². The first kappa shape index (κ1) is 13.3. The maximum atomic E-state index is 13.6. The maximum absolute atomic E-state index is 13.6. The molecule has 9 heteroatoms. The molecule has 114 valence electrons. The van der Waals surface area contributed by atoms with E-state index in [9.17, 15) is 4.39 Å². The van der Waals surface area contributed by atoms with E-state index in [-0.39, 0.29) is 11.6 Å². The summed E-state index contributed by atoms with van der Waals surface area (Å²) in [7, 11) is 0. The van der Waals surface area contributed by atoms with Gasteiger partial charge in [0, 0.05) is 18.0 Å². The Morgan fingerprint density at radius 3 is 2.74 bits per heavy atom. The Labute approximate surface area is 128 Å². The summed E-state index contributed by atoms with van der Waals surface area (Å²) in [4.78, 5) is 12.4. The summed E-state index contributed by atoms with van der Waals surface area (Å²) in [5.74, 6) is 0.195. The molecule has 0 unspecified atom stereocenters. The predicted octanol–water partition coefficient (Wildman–Crippen LogP) is 1.65. The van der Waals surface area contributed by atoms with Crippen molar-refractivity contribution in [2.75, 3.05) is 5.73 Å². The number of nitrogens with two attached hydrogens (primary N) is 1. The van der Waals surface area contributed by atoms with E-state index in [1.807, 2.05) is 0 Å². The number of nitrogen functional groups attached to an aromatic ring is 1. The second-order valence-electron chi connectivity index (χ2n) is 4.90. The van der Waals surface area contributed by atoms with Crippen LogP contribution in [0.4, 0.5) is 10.2 Å². The third-order valence-corrected chi connectivity index (χ3v) is 3.39. The monoisotopic (exact) mass is 311 g/mol. The molecule has 1 aromatic carbocycles. The number of fused-ring (bicyclic) bond motifs is 1. The molecule has 4 rings (SSSR count). The molecule has 8 nitrogen and oxygen atoms in total. The minimum absolute atomic E-state index is 0.117. The van der Waals surface area contributed by atoms with Crippen molar-refractivity contribution in [2.45, 2.75) is 6.54 Å². The van der Waals surface area contributed by atoms with E-state index >= 15 is 0 Å². The lowest BCUT2D eigenvalue weighted by Gasteiger charge is -2.07. The standard InChI is InChI=1S/C14H10FN7O/c15-9-1-2-10-11(3-9)22(6-8-4-17-7-18-5-8)14(19-10)12-13(16)21-23-20-12/h1-5,7H,6H2,(H2,16,21). The Morgan fingerprint density at radius 2 is 2.00 bits per heavy atom. The fraction of sp³-hybridized carbons (Fsp3) is 0.0714. The van der Waals surface area contributed by atoms with Crippen LogP contribution in [0.25, 0.3) is 22.6 Å². The highest BCUT2D eigenvalue weighted by molar-refractivity contribution is 5.81. The molecular weight excluding hydrogens is 301 g/mol. The van der Waals surface area contributed by atoms with E-state index in [1.165, 1.54) is 18.5 Å². The van der Waals surface area contributed by atoms with Crippen LogP contribution in [0.1, 0.15) is 5.56 Å². The fourth-order valence-electron chi connectivity index (χ4n) is 2.38. The lowest BCUT2D eigenvalue weighted by molar-refractivity contribution is 0.310. The largest absolute Gasteiger partial charge is 0.379 e. The first-order valence-corrected chi connectivity index (χ1v) is 6.70. The average molecular weight is 311 g/mol. The quantitative estimate of drug-likeness (QED) is 0.612. The molecule has 0 aliphatic rings. The van der Waals surface area contributed by atoms with Crippen molar-refractivity contribution >= 4 is 16.9 Å². The lowest BCUT2D eigenvalue weighted by Crippen LogP contribution is -2.04. The number of anilines is 1. The average Bonchev–Trinajstić information content (AvgIpc) is 3.12. The molecular formula is C14H10FN7O. The zero-order valence-electron chi connectivity index (χ0n) is 11.7. The normalized spacial score (nSPS) is 11.2. The molecule has 0 bridgehead atoms. The number of aromatic nitrogens is 6. The molecule has 2 N–H and O–H groups in total. The van der Waals surface area contributed by atoms with Crippen molar-refractivity contribution in [3.05, 3.63) is 48.3 Å². The second kappa shape index (κ2) is 5.13. The van der Waals surface area contributed by atoms with Gasteiger partial charge in [-0.2, -0.15) is 0 Å². The third-order valence-electron chi connectivity index (χ3n) is 3.39. The predicted molar refractivity (Wildman–Crippen MR) is 78.5 cm³/mol. The summed E-state index contributed by atoms with van der Waals surface area (Å²) < 4.78 is 20.1. The third kappa shape index (κ3) is 2.27. The minimum atomic E-state index is -0.360. The highest BCUT2D eigenvalue weighted by Crippen LogP contribution is 2.27. The molecule has 3 heterocycles. The molecule has 3 aromatic heterocycles. The van der Waals surface area contributed by atoms with E-state index < -0.39 is 0 Å². The van der Waals surface area contributed by atoms with Crippen molar-refractivity contribution in [2.24, 2.45) is 0 Å². The van der Waals surface area contributed by atoms with Gasteiger partial charge in [0.05, 0.1) is 17.6 Å². The van der Waals surface area contributed by atoms with Gasteiger partial charge in [-0.1, -0.05) is 0 Å². The first-order chi connectivity index (χ1) is 11.2. The highest BCUT2D eigenvalue weighted by atomic mass is 19.1. The van der Waals surface area contributed by atoms with Gasteiger partial charge in [0.15, 0.2) is 17.3 Å². The summed E-state index contributed by atoms with van der Waals surface area (Å²) in [5.41, 5.74) is 8.11. The van der Waals surface area contributed by atoms with Crippen molar-refractivity contribution < 1.29 is 9.02 Å². The molecule has 0 saturated carbocycles. The summed E-state index contributed by atoms with van der Waals surface area (Å²) >= 11 is 0. The number of halogens is 1. The van der Waals surface area contributed by atoms with Gasteiger partial charge in [0.1, 0.15) is 12.1 Å². The van der Waals surface area contributed by atoms with Gasteiger partial charge in [-0.3, -0.25) is 0 Å². The number of rotatable bonds is 3. The summed E-state index contributed by atoms with van der Waals surface area (Å²) in [6.07, 6.45) is 4.79. The van der Waals surface area contributed by atoms with Gasteiger partial charge >= 0.3 is 0 Å². The van der Waals surface area contributed by atoms with E-state index in [1.54, 1.807) is 23.0 Å². The number of hydrogen-bond donors (Lipinski definition) is 1. The van der Waals surface area contributed by atoms with Crippen LogP contribution in [0.15, 0.2) is 41.5 Å². The van der Waals surface area contributed by atoms with Crippen molar-refractivity contribution in [3.63, 3.8) is 0 Å². The molecule has 0 fully saturated rings. The van der Waals surface area contributed by atoms with Gasteiger partial charge in [0.2, 0.25) is 0 Å². The Kier molecular flexibility index (Phi) is 2.97. The summed E-state index contributed by atoms with van der Waals surface area (Å²) in [6.45, 7) is 0.377. The topological polar surface area (TPSA) is 109 Å². The van der Waals surface area contributed by atoms with Crippen LogP contribution >= 0.6 is 0 Å². The SMILES string of the molecule is Nc1nonc1-c1nc2ccc(F)cc2n1Cc1cncnc1. The molecule has 0 amide bonds. The van der Waals surface area contributed by atoms with Crippen LogP contribution in [0, 0.1) is 5.82 Å². The van der Waals surface area contributed by atoms with Crippen LogP contribution in [0.3, 0.4) is 0 Å². The minimum Gasteiger partial charge on any atom is -0.379 e. The van der Waals surface area contributed by atoms with Gasteiger partial charge < -0.3 is 10.3 Å². The summed E-state index contributed by atoms with van der Waals surface area (Å²) in [5, 5.41) is 7.35. The number of nitrogens with zero attached hydrogens (tertiary/aromatic N) is 6. The summed E-state index contributed by atoms with van der Waals surface area (Å²) in [6, 6.07) is 4.34. The lowest BCUT2D eigenvalue weighted by atomic mass is 10.3. The van der Waals surface area contributed by atoms with Crippen LogP contribution in [-0.4, -0.2) is 29.8 Å². The molecule has 23 heavy (non-hydrogen) atoms.